The van der Waals surface area contributed by atoms with E-state index in [-0.39, 0.29) is 11.1 Å². The quantitative estimate of drug-likeness (QED) is 0.870. The lowest BCUT2D eigenvalue weighted by molar-refractivity contribution is -0.116. The third-order valence-electron chi connectivity index (χ3n) is 3.51. The van der Waals surface area contributed by atoms with Crippen LogP contribution in [-0.2, 0) is 4.79 Å². The molecule has 3 rings (SSSR count). The monoisotopic (exact) mass is 339 g/mol. The minimum atomic E-state index is -0.557. The molecule has 0 saturated carbocycles. The maximum atomic E-state index is 12.3. The molecule has 0 fully saturated rings. The molecule has 0 spiro atoms. The third kappa shape index (κ3) is 2.85. The molecule has 0 atom stereocenters. The number of nitrogens with zero attached hydrogens (tertiary/aromatic N) is 2. The van der Waals surface area contributed by atoms with Crippen molar-refractivity contribution in [3.05, 3.63) is 64.2 Å². The molecule has 1 N–H and O–H groups in total. The molecular weight excluding hydrogens is 330 g/mol. The summed E-state index contributed by atoms with van der Waals surface area (Å²) >= 11 is 5.84. The van der Waals surface area contributed by atoms with Crippen LogP contribution in [0.1, 0.15) is 26.3 Å². The van der Waals surface area contributed by atoms with Gasteiger partial charge in [0.05, 0.1) is 22.8 Å². The normalized spacial score (nSPS) is 12.8. The summed E-state index contributed by atoms with van der Waals surface area (Å²) in [6.45, 7) is -0.416. The molecule has 0 unspecified atom stereocenters. The second kappa shape index (κ2) is 6.14. The minimum Gasteiger partial charge on any atom is -0.324 e. The van der Waals surface area contributed by atoms with Crippen LogP contribution in [0.25, 0.3) is 0 Å². The van der Waals surface area contributed by atoms with Gasteiger partial charge in [0, 0.05) is 10.7 Å². The topological polar surface area (TPSA) is 90.3 Å². The van der Waals surface area contributed by atoms with Gasteiger partial charge >= 0.3 is 0 Å². The summed E-state index contributed by atoms with van der Waals surface area (Å²) in [6.07, 6.45) is 0. The van der Waals surface area contributed by atoms with Crippen LogP contribution >= 0.6 is 11.6 Å². The van der Waals surface area contributed by atoms with Crippen molar-refractivity contribution in [2.45, 2.75) is 0 Å². The molecule has 1 aliphatic rings. The molecule has 0 aliphatic carbocycles. The van der Waals surface area contributed by atoms with E-state index >= 15 is 0 Å². The Morgan fingerprint density at radius 3 is 2.62 bits per heavy atom. The number of anilines is 1. The molecule has 7 heteroatoms. The van der Waals surface area contributed by atoms with Gasteiger partial charge in [-0.1, -0.05) is 17.7 Å². The second-order valence-corrected chi connectivity index (χ2v) is 5.56. The smallest absolute Gasteiger partial charge is 0.262 e. The largest absolute Gasteiger partial charge is 0.324 e. The molecule has 0 radical (unpaired) electrons. The highest BCUT2D eigenvalue weighted by Gasteiger charge is 2.36. The number of nitriles is 1. The van der Waals surface area contributed by atoms with Crippen molar-refractivity contribution in [3.8, 4) is 6.07 Å². The van der Waals surface area contributed by atoms with Crippen molar-refractivity contribution in [1.82, 2.24) is 4.90 Å². The number of nitrogens with one attached hydrogen (secondary N) is 1. The van der Waals surface area contributed by atoms with E-state index in [1.165, 1.54) is 24.3 Å². The molecule has 2 aromatic carbocycles. The molecule has 0 bridgehead atoms. The van der Waals surface area contributed by atoms with E-state index < -0.39 is 24.3 Å². The summed E-state index contributed by atoms with van der Waals surface area (Å²) in [5, 5.41) is 11.7. The van der Waals surface area contributed by atoms with Gasteiger partial charge in [0.15, 0.2) is 0 Å². The van der Waals surface area contributed by atoms with Crippen LogP contribution in [0.5, 0.6) is 0 Å². The van der Waals surface area contributed by atoms with Gasteiger partial charge in [0.1, 0.15) is 6.54 Å². The molecule has 6 nitrogen and oxygen atoms in total. The number of amides is 3. The Kier molecular flexibility index (Phi) is 4.02. The predicted octanol–water partition coefficient (Wildman–Crippen LogP) is 2.45. The van der Waals surface area contributed by atoms with Gasteiger partial charge in [-0.2, -0.15) is 5.26 Å². The van der Waals surface area contributed by atoms with E-state index in [0.29, 0.717) is 16.3 Å². The lowest BCUT2D eigenvalue weighted by Gasteiger charge is -2.13. The van der Waals surface area contributed by atoms with Crippen molar-refractivity contribution in [1.29, 1.82) is 5.26 Å². The average Bonchev–Trinajstić information content (AvgIpc) is 2.79. The van der Waals surface area contributed by atoms with Gasteiger partial charge in [0.2, 0.25) is 5.91 Å². The van der Waals surface area contributed by atoms with Crippen LogP contribution in [0, 0.1) is 11.3 Å². The van der Waals surface area contributed by atoms with E-state index in [1.54, 1.807) is 18.2 Å². The first kappa shape index (κ1) is 15.7. The highest BCUT2D eigenvalue weighted by Crippen LogP contribution is 2.25. The van der Waals surface area contributed by atoms with Crippen molar-refractivity contribution in [3.63, 3.8) is 0 Å². The number of hydrogen-bond donors (Lipinski definition) is 1. The lowest BCUT2D eigenvalue weighted by Crippen LogP contribution is -2.37. The van der Waals surface area contributed by atoms with E-state index in [9.17, 15) is 14.4 Å². The average molecular weight is 340 g/mol. The number of hydrogen-bond acceptors (Lipinski definition) is 4. The van der Waals surface area contributed by atoms with Crippen molar-refractivity contribution < 1.29 is 14.4 Å². The van der Waals surface area contributed by atoms with Gasteiger partial charge in [0.25, 0.3) is 11.8 Å². The number of carbonyl (C=O) groups is 3. The Labute approximate surface area is 142 Å². The standard InChI is InChI=1S/C17H10ClN3O3/c18-11-4-5-13-14(7-11)17(24)21(16(13)23)9-15(22)20-12-3-1-2-10(6-12)8-19/h1-7H,9H2,(H,20,22). The third-order valence-corrected chi connectivity index (χ3v) is 3.74. The van der Waals surface area contributed by atoms with Gasteiger partial charge in [-0.3, -0.25) is 19.3 Å². The number of fused-ring (bicyclic) bond motifs is 1. The molecule has 0 aromatic heterocycles. The lowest BCUT2D eigenvalue weighted by atomic mass is 10.1. The number of halogens is 1. The number of carbonyl (C=O) groups excluding carboxylic acids is 3. The fourth-order valence-corrected chi connectivity index (χ4v) is 2.59. The van der Waals surface area contributed by atoms with Gasteiger partial charge in [-0.15, -0.1) is 0 Å². The highest BCUT2D eigenvalue weighted by atomic mass is 35.5. The summed E-state index contributed by atoms with van der Waals surface area (Å²) in [6, 6.07) is 12.7. The fourth-order valence-electron chi connectivity index (χ4n) is 2.42. The molecule has 1 aliphatic heterocycles. The minimum absolute atomic E-state index is 0.187. The van der Waals surface area contributed by atoms with Gasteiger partial charge < -0.3 is 5.32 Å². The van der Waals surface area contributed by atoms with Crippen LogP contribution < -0.4 is 5.32 Å². The number of rotatable bonds is 3. The van der Waals surface area contributed by atoms with Crippen molar-refractivity contribution >= 4 is 35.0 Å². The van der Waals surface area contributed by atoms with E-state index in [0.717, 1.165) is 4.90 Å². The zero-order valence-corrected chi connectivity index (χ0v) is 13.0. The fraction of sp³-hybridized carbons (Fsp3) is 0.0588. The first-order valence-electron chi connectivity index (χ1n) is 6.95. The van der Waals surface area contributed by atoms with Crippen LogP contribution in [0.15, 0.2) is 42.5 Å². The van der Waals surface area contributed by atoms with E-state index in [4.69, 9.17) is 16.9 Å². The van der Waals surface area contributed by atoms with E-state index in [2.05, 4.69) is 5.32 Å². The van der Waals surface area contributed by atoms with Gasteiger partial charge in [-0.05, 0) is 36.4 Å². The molecule has 24 heavy (non-hydrogen) atoms. The number of benzene rings is 2. The summed E-state index contributed by atoms with van der Waals surface area (Å²) in [4.78, 5) is 37.5. The molecule has 3 amide bonds. The number of imide groups is 1. The molecule has 0 saturated heterocycles. The van der Waals surface area contributed by atoms with Gasteiger partial charge in [-0.25, -0.2) is 0 Å². The first-order chi connectivity index (χ1) is 11.5. The SMILES string of the molecule is N#Cc1cccc(NC(=O)CN2C(=O)c3ccc(Cl)cc3C2=O)c1. The first-order valence-corrected chi connectivity index (χ1v) is 7.33. The molecule has 1 heterocycles. The van der Waals surface area contributed by atoms with Crippen LogP contribution in [-0.4, -0.2) is 29.2 Å². The summed E-state index contributed by atoms with van der Waals surface area (Å²) in [7, 11) is 0. The Bertz CT molecular complexity index is 918. The predicted molar refractivity (Wildman–Crippen MR) is 86.6 cm³/mol. The van der Waals surface area contributed by atoms with E-state index in [1.807, 2.05) is 6.07 Å². The van der Waals surface area contributed by atoms with Crippen LogP contribution in [0.3, 0.4) is 0 Å². The van der Waals surface area contributed by atoms with Crippen molar-refractivity contribution in [2.24, 2.45) is 0 Å². The molecular formula is C17H10ClN3O3. The Hall–Kier alpha value is -3.17. The van der Waals surface area contributed by atoms with Crippen LogP contribution in [0.4, 0.5) is 5.69 Å². The Morgan fingerprint density at radius 2 is 1.88 bits per heavy atom. The van der Waals surface area contributed by atoms with Crippen molar-refractivity contribution in [2.75, 3.05) is 11.9 Å². The molecule has 2 aromatic rings. The maximum Gasteiger partial charge on any atom is 0.262 e. The second-order valence-electron chi connectivity index (χ2n) is 5.13. The maximum absolute atomic E-state index is 12.3. The molecule has 118 valence electrons. The zero-order chi connectivity index (χ0) is 17.3. The zero-order valence-electron chi connectivity index (χ0n) is 12.2. The Morgan fingerprint density at radius 1 is 1.12 bits per heavy atom. The van der Waals surface area contributed by atoms with Crippen LogP contribution in [0.2, 0.25) is 5.02 Å². The summed E-state index contributed by atoms with van der Waals surface area (Å²) in [5.41, 5.74) is 1.22. The summed E-state index contributed by atoms with van der Waals surface area (Å²) < 4.78 is 0. The Balaban J connectivity index is 1.75. The highest BCUT2D eigenvalue weighted by molar-refractivity contribution is 6.32. The summed E-state index contributed by atoms with van der Waals surface area (Å²) in [5.74, 6) is -1.63.